The molecule has 0 atom stereocenters. The predicted molar refractivity (Wildman–Crippen MR) is 127 cm³/mol. The van der Waals surface area contributed by atoms with E-state index in [4.69, 9.17) is 5.14 Å². The minimum atomic E-state index is -3.76. The maximum Gasteiger partial charge on any atom is 0.277 e. The number of nitrogens with two attached hydrogens (primary N) is 1. The van der Waals surface area contributed by atoms with Crippen LogP contribution in [0.2, 0.25) is 0 Å². The van der Waals surface area contributed by atoms with Gasteiger partial charge in [-0.25, -0.2) is 23.3 Å². The molecule has 0 aliphatic carbocycles. The minimum absolute atomic E-state index is 0.0121. The molecule has 0 spiro atoms. The Morgan fingerprint density at radius 1 is 0.879 bits per heavy atom. The summed E-state index contributed by atoms with van der Waals surface area (Å²) < 4.78 is 51.0. The van der Waals surface area contributed by atoms with Crippen molar-refractivity contribution in [2.45, 2.75) is 25.3 Å². The highest BCUT2D eigenvalue weighted by atomic mass is 32.2. The van der Waals surface area contributed by atoms with E-state index in [1.54, 1.807) is 37.4 Å². The van der Waals surface area contributed by atoms with Crippen LogP contribution in [-0.2, 0) is 26.8 Å². The minimum Gasteiger partial charge on any atom is -0.340 e. The number of anilines is 4. The van der Waals surface area contributed by atoms with Gasteiger partial charge in [0.05, 0.1) is 4.90 Å². The van der Waals surface area contributed by atoms with Crippen molar-refractivity contribution in [2.24, 2.45) is 5.14 Å². The number of aromatic nitrogens is 2. The van der Waals surface area contributed by atoms with Gasteiger partial charge in [-0.05, 0) is 48.9 Å². The molecule has 0 saturated carbocycles. The maximum atomic E-state index is 11.7. The molecule has 0 fully saturated rings. The van der Waals surface area contributed by atoms with Gasteiger partial charge in [-0.2, -0.15) is 18.1 Å². The summed E-state index contributed by atoms with van der Waals surface area (Å²) in [7, 11) is -7.27. The van der Waals surface area contributed by atoms with E-state index in [9.17, 15) is 16.8 Å². The Morgan fingerprint density at radius 3 is 2.09 bits per heavy atom. The lowest BCUT2D eigenvalue weighted by atomic mass is 10.2. The zero-order chi connectivity index (χ0) is 24.1. The standard InChI is InChI=1S/C20H25N7O4S2/c1-3-23-33(30,31)24-13-15-4-6-16(7-5-15)25-19-14(2)12-22-20(27-19)26-17-8-10-18(11-9-17)32(21,28)29/h4-12,23-24H,3,13H2,1-2H3,(H2,21,28,29)(H2,22,25,26,27). The molecule has 11 nitrogen and oxygen atoms in total. The summed E-state index contributed by atoms with van der Waals surface area (Å²) in [5, 5.41) is 11.3. The lowest BCUT2D eigenvalue weighted by Crippen LogP contribution is -2.35. The largest absolute Gasteiger partial charge is 0.340 e. The number of hydrogen-bond acceptors (Lipinski definition) is 8. The molecule has 0 unspecified atom stereocenters. The first kappa shape index (κ1) is 24.5. The molecule has 13 heteroatoms. The van der Waals surface area contributed by atoms with E-state index < -0.39 is 20.2 Å². The summed E-state index contributed by atoms with van der Waals surface area (Å²) in [6, 6.07) is 13.2. The smallest absolute Gasteiger partial charge is 0.277 e. The first-order valence-corrected chi connectivity index (χ1v) is 12.9. The van der Waals surface area contributed by atoms with Crippen molar-refractivity contribution in [1.29, 1.82) is 0 Å². The van der Waals surface area contributed by atoms with Crippen molar-refractivity contribution >= 4 is 43.4 Å². The quantitative estimate of drug-likeness (QED) is 0.286. The Balaban J connectivity index is 1.67. The highest BCUT2D eigenvalue weighted by Crippen LogP contribution is 2.22. The summed E-state index contributed by atoms with van der Waals surface area (Å²) >= 11 is 0. The molecule has 0 aliphatic heterocycles. The van der Waals surface area contributed by atoms with Crippen molar-refractivity contribution in [3.8, 4) is 0 Å². The molecule has 0 saturated heterocycles. The van der Waals surface area contributed by atoms with Gasteiger partial charge in [0.15, 0.2) is 0 Å². The van der Waals surface area contributed by atoms with Crippen molar-refractivity contribution < 1.29 is 16.8 Å². The predicted octanol–water partition coefficient (Wildman–Crippen LogP) is 1.86. The molecule has 3 rings (SSSR count). The van der Waals surface area contributed by atoms with E-state index in [-0.39, 0.29) is 11.4 Å². The number of aryl methyl sites for hydroxylation is 1. The lowest BCUT2D eigenvalue weighted by molar-refractivity contribution is 0.568. The van der Waals surface area contributed by atoms with E-state index >= 15 is 0 Å². The fourth-order valence-electron chi connectivity index (χ4n) is 2.75. The second kappa shape index (κ2) is 10.2. The number of nitrogens with one attached hydrogen (secondary N) is 4. The fraction of sp³-hybridized carbons (Fsp3) is 0.200. The third kappa shape index (κ3) is 7.20. The number of primary sulfonamides is 1. The van der Waals surface area contributed by atoms with Crippen LogP contribution in [0.1, 0.15) is 18.1 Å². The van der Waals surface area contributed by atoms with Crippen molar-refractivity contribution in [2.75, 3.05) is 17.2 Å². The average Bonchev–Trinajstić information content (AvgIpc) is 2.75. The Kier molecular flexibility index (Phi) is 7.61. The zero-order valence-electron chi connectivity index (χ0n) is 18.0. The third-order valence-electron chi connectivity index (χ3n) is 4.43. The normalized spacial score (nSPS) is 11.8. The summed E-state index contributed by atoms with van der Waals surface area (Å²) in [5.74, 6) is 0.898. The van der Waals surface area contributed by atoms with Gasteiger partial charge in [-0.3, -0.25) is 0 Å². The first-order valence-electron chi connectivity index (χ1n) is 9.89. The SMILES string of the molecule is CCNS(=O)(=O)NCc1ccc(Nc2nc(Nc3ccc(S(N)(=O)=O)cc3)ncc2C)cc1. The van der Waals surface area contributed by atoms with Crippen molar-refractivity contribution in [1.82, 2.24) is 19.4 Å². The molecule has 0 amide bonds. The number of sulfonamides is 1. The van der Waals surface area contributed by atoms with E-state index in [0.717, 1.165) is 16.8 Å². The maximum absolute atomic E-state index is 11.7. The topological polar surface area (TPSA) is 168 Å². The van der Waals surface area contributed by atoms with Crippen LogP contribution in [0.15, 0.2) is 59.6 Å². The van der Waals surface area contributed by atoms with Crippen LogP contribution in [0.3, 0.4) is 0 Å². The van der Waals surface area contributed by atoms with E-state index in [0.29, 0.717) is 24.0 Å². The summed E-state index contributed by atoms with van der Waals surface area (Å²) in [6.07, 6.45) is 1.65. The van der Waals surface area contributed by atoms with Crippen LogP contribution in [0.4, 0.5) is 23.1 Å². The van der Waals surface area contributed by atoms with Gasteiger partial charge in [0.1, 0.15) is 5.82 Å². The molecule has 1 aromatic heterocycles. The van der Waals surface area contributed by atoms with Gasteiger partial charge in [0, 0.05) is 36.2 Å². The molecule has 0 bridgehead atoms. The van der Waals surface area contributed by atoms with Crippen LogP contribution in [0.5, 0.6) is 0 Å². The monoisotopic (exact) mass is 491 g/mol. The van der Waals surface area contributed by atoms with E-state index in [1.807, 2.05) is 19.1 Å². The summed E-state index contributed by atoms with van der Waals surface area (Å²) in [5.41, 5.74) is 2.97. The summed E-state index contributed by atoms with van der Waals surface area (Å²) in [6.45, 7) is 4.05. The van der Waals surface area contributed by atoms with Gasteiger partial charge < -0.3 is 10.6 Å². The van der Waals surface area contributed by atoms with Crippen LogP contribution < -0.4 is 25.2 Å². The zero-order valence-corrected chi connectivity index (χ0v) is 19.7. The van der Waals surface area contributed by atoms with Gasteiger partial charge >= 0.3 is 0 Å². The highest BCUT2D eigenvalue weighted by molar-refractivity contribution is 7.89. The van der Waals surface area contributed by atoms with E-state index in [2.05, 4.69) is 30.0 Å². The molecule has 2 aromatic carbocycles. The van der Waals surface area contributed by atoms with E-state index in [1.165, 1.54) is 12.1 Å². The number of rotatable bonds is 10. The third-order valence-corrected chi connectivity index (χ3v) is 6.55. The van der Waals surface area contributed by atoms with Crippen molar-refractivity contribution in [3.05, 3.63) is 65.9 Å². The molecular weight excluding hydrogens is 466 g/mol. The van der Waals surface area contributed by atoms with Gasteiger partial charge in [0.2, 0.25) is 16.0 Å². The second-order valence-electron chi connectivity index (χ2n) is 7.06. The van der Waals surface area contributed by atoms with Crippen LogP contribution in [0.25, 0.3) is 0 Å². The Labute approximate surface area is 193 Å². The number of nitrogens with zero attached hydrogens (tertiary/aromatic N) is 2. The van der Waals surface area contributed by atoms with Gasteiger partial charge in [-0.15, -0.1) is 0 Å². The lowest BCUT2D eigenvalue weighted by Gasteiger charge is -2.12. The molecular formula is C20H25N7O4S2. The van der Waals surface area contributed by atoms with Crippen LogP contribution in [-0.4, -0.2) is 33.3 Å². The van der Waals surface area contributed by atoms with Gasteiger partial charge in [-0.1, -0.05) is 19.1 Å². The Bertz CT molecular complexity index is 1310. The van der Waals surface area contributed by atoms with Crippen LogP contribution in [0, 0.1) is 6.92 Å². The number of hydrogen-bond donors (Lipinski definition) is 5. The van der Waals surface area contributed by atoms with Gasteiger partial charge in [0.25, 0.3) is 10.2 Å². The summed E-state index contributed by atoms with van der Waals surface area (Å²) in [4.78, 5) is 8.73. The molecule has 1 heterocycles. The Morgan fingerprint density at radius 2 is 1.48 bits per heavy atom. The second-order valence-corrected chi connectivity index (χ2v) is 10.2. The number of benzene rings is 2. The highest BCUT2D eigenvalue weighted by Gasteiger charge is 2.10. The first-order chi connectivity index (χ1) is 15.6. The van der Waals surface area contributed by atoms with Crippen LogP contribution >= 0.6 is 0 Å². The molecule has 0 aliphatic rings. The van der Waals surface area contributed by atoms with Crippen molar-refractivity contribution in [3.63, 3.8) is 0 Å². The molecule has 33 heavy (non-hydrogen) atoms. The molecule has 0 radical (unpaired) electrons. The average molecular weight is 492 g/mol. The molecule has 6 N–H and O–H groups in total. The molecule has 3 aromatic rings. The molecule has 176 valence electrons. The fourth-order valence-corrected chi connectivity index (χ4v) is 4.10. The Hall–Kier alpha value is -3.10.